The van der Waals surface area contributed by atoms with E-state index in [0.717, 1.165) is 17.9 Å². The minimum atomic E-state index is -4.11. The monoisotopic (exact) mass is 755 g/mol. The lowest BCUT2D eigenvalue weighted by Gasteiger charge is -2.36. The van der Waals surface area contributed by atoms with Crippen LogP contribution in [0.15, 0.2) is 89.9 Å². The number of rotatable bonds is 15. The van der Waals surface area contributed by atoms with Gasteiger partial charge >= 0.3 is 0 Å². The van der Waals surface area contributed by atoms with Crippen molar-refractivity contribution in [1.82, 2.24) is 14.7 Å². The van der Waals surface area contributed by atoms with Crippen LogP contribution in [0, 0.1) is 5.82 Å². The Morgan fingerprint density at radius 3 is 2.43 bits per heavy atom. The summed E-state index contributed by atoms with van der Waals surface area (Å²) in [5.41, 5.74) is 0.765. The van der Waals surface area contributed by atoms with Crippen molar-refractivity contribution in [3.8, 4) is 5.75 Å². The molecule has 0 saturated carbocycles. The van der Waals surface area contributed by atoms with Crippen molar-refractivity contribution >= 4 is 35.7 Å². The van der Waals surface area contributed by atoms with E-state index >= 15 is 0 Å². The van der Waals surface area contributed by atoms with Gasteiger partial charge in [-0.15, -0.1) is 0 Å². The van der Waals surface area contributed by atoms with E-state index < -0.39 is 59.1 Å². The molecule has 2 heterocycles. The Labute approximate surface area is 304 Å². The summed E-state index contributed by atoms with van der Waals surface area (Å²) >= 11 is 6.19. The molecule has 1 aromatic heterocycles. The molecule has 0 radical (unpaired) electrons. The van der Waals surface area contributed by atoms with Crippen molar-refractivity contribution in [1.29, 1.82) is 0 Å². The van der Waals surface area contributed by atoms with Crippen molar-refractivity contribution in [2.45, 2.75) is 69.9 Å². The van der Waals surface area contributed by atoms with Crippen LogP contribution in [0.1, 0.15) is 45.9 Å². The highest BCUT2D eigenvalue weighted by Gasteiger charge is 2.44. The second-order valence-corrected chi connectivity index (χ2v) is 21.5. The smallest absolute Gasteiger partial charge is 0.278 e. The van der Waals surface area contributed by atoms with Gasteiger partial charge in [0, 0.05) is 32.2 Å². The zero-order valence-corrected chi connectivity index (χ0v) is 31.7. The molecule has 1 aliphatic heterocycles. The van der Waals surface area contributed by atoms with Gasteiger partial charge in [0.05, 0.1) is 18.5 Å². The fourth-order valence-corrected chi connectivity index (χ4v) is 7.63. The normalized spacial score (nSPS) is 16.2. The molecule has 1 saturated heterocycles. The van der Waals surface area contributed by atoms with E-state index in [2.05, 4.69) is 24.7 Å². The molecule has 10 nitrogen and oxygen atoms in total. The molecule has 3 aromatic carbocycles. The number of likely N-dealkylation sites (tertiary alicyclic amines) is 1. The maximum absolute atomic E-state index is 14.7. The maximum atomic E-state index is 14.7. The molecule has 0 unspecified atom stereocenters. The van der Waals surface area contributed by atoms with Gasteiger partial charge in [-0.3, -0.25) is 13.8 Å². The lowest BCUT2D eigenvalue weighted by atomic mass is 9.82. The lowest BCUT2D eigenvalue weighted by Crippen LogP contribution is -2.48. The Hall–Kier alpha value is -3.88. The van der Waals surface area contributed by atoms with Crippen LogP contribution in [-0.4, -0.2) is 68.6 Å². The van der Waals surface area contributed by atoms with Crippen molar-refractivity contribution < 1.29 is 31.3 Å². The summed E-state index contributed by atoms with van der Waals surface area (Å²) in [6.45, 7) is 7.45. The second-order valence-electron chi connectivity index (χ2n) is 13.9. The molecule has 3 atom stereocenters. The van der Waals surface area contributed by atoms with Gasteiger partial charge in [0.2, 0.25) is 0 Å². The average Bonchev–Trinajstić information content (AvgIpc) is 3.56. The van der Waals surface area contributed by atoms with Crippen LogP contribution in [0.3, 0.4) is 0 Å². The number of carbonyl (C=O) groups is 1. The molecule has 272 valence electrons. The number of hydrogen-bond donors (Lipinski definition) is 0. The number of nitrogens with zero attached hydrogens (tertiary/aromatic N) is 3. The highest BCUT2D eigenvalue weighted by Crippen LogP contribution is 2.38. The van der Waals surface area contributed by atoms with E-state index in [1.807, 2.05) is 30.3 Å². The third kappa shape index (κ3) is 10.6. The van der Waals surface area contributed by atoms with Crippen LogP contribution in [0.2, 0.25) is 30.7 Å². The SMILES string of the molecule is C[Si](C)(C)CCOCn1cc(OCc2ccccc2)c(=O)c(C(=O)N2CCC[C@@H]2[C@H](OS(C)(=O)=O)[C@@H](c2ccc(Cl)cc2)c2cccc(F)c2)n1. The Balaban J connectivity index is 1.54. The van der Waals surface area contributed by atoms with Crippen molar-refractivity contribution in [2.24, 2.45) is 0 Å². The summed E-state index contributed by atoms with van der Waals surface area (Å²) in [6.07, 6.45) is 2.01. The number of benzene rings is 3. The highest BCUT2D eigenvalue weighted by molar-refractivity contribution is 7.86. The first-order valence-corrected chi connectivity index (χ1v) is 22.6. The highest BCUT2D eigenvalue weighted by atomic mass is 35.5. The summed E-state index contributed by atoms with van der Waals surface area (Å²) in [6, 6.07) is 21.9. The van der Waals surface area contributed by atoms with E-state index in [1.54, 1.807) is 30.3 Å². The Bertz CT molecular complexity index is 1970. The van der Waals surface area contributed by atoms with Crippen molar-refractivity contribution in [3.63, 3.8) is 0 Å². The van der Waals surface area contributed by atoms with Crippen LogP contribution in [0.25, 0.3) is 0 Å². The third-order valence-corrected chi connectivity index (χ3v) is 11.1. The summed E-state index contributed by atoms with van der Waals surface area (Å²) in [4.78, 5) is 29.8. The number of halogens is 2. The van der Waals surface area contributed by atoms with Crippen molar-refractivity contribution in [3.05, 3.63) is 129 Å². The summed E-state index contributed by atoms with van der Waals surface area (Å²) in [7, 11) is -5.49. The Kier molecular flexibility index (Phi) is 12.5. The second kappa shape index (κ2) is 16.6. The maximum Gasteiger partial charge on any atom is 0.278 e. The van der Waals surface area contributed by atoms with Crippen LogP contribution >= 0.6 is 11.6 Å². The van der Waals surface area contributed by atoms with Crippen LogP contribution in [-0.2, 0) is 32.4 Å². The first-order chi connectivity index (χ1) is 24.2. The molecule has 1 fully saturated rings. The molecule has 0 bridgehead atoms. The number of amides is 1. The minimum Gasteiger partial charge on any atom is -0.483 e. The minimum absolute atomic E-state index is 0.0197. The van der Waals surface area contributed by atoms with Crippen molar-refractivity contribution in [2.75, 3.05) is 19.4 Å². The van der Waals surface area contributed by atoms with Gasteiger partial charge in [-0.05, 0) is 59.8 Å². The predicted molar refractivity (Wildman–Crippen MR) is 197 cm³/mol. The van der Waals surface area contributed by atoms with Gasteiger partial charge in [-0.2, -0.15) is 13.5 Å². The quantitative estimate of drug-likeness (QED) is 0.0747. The number of hydrogen-bond acceptors (Lipinski definition) is 8. The summed E-state index contributed by atoms with van der Waals surface area (Å²) < 4.78 is 59.4. The molecule has 5 rings (SSSR count). The standard InChI is InChI=1S/C37H43ClFN3O7SSi/c1-50(45,46)49-36(33(27-15-17-29(38)18-16-27)28-12-8-13-30(39)22-28)31-14-9-19-42(31)37(44)34-35(43)32(48-24-26-10-6-5-7-11-26)23-41(40-34)25-47-20-21-51(2,3)4/h5-8,10-13,15-18,22-23,31,33,36H,9,14,19-21,24-25H2,1-4H3/t31-,33+,36+/m1/s1. The topological polar surface area (TPSA) is 117 Å². The molecular weight excluding hydrogens is 713 g/mol. The van der Waals surface area contributed by atoms with Gasteiger partial charge < -0.3 is 14.4 Å². The van der Waals surface area contributed by atoms with E-state index in [-0.39, 0.29) is 25.6 Å². The van der Waals surface area contributed by atoms with Gasteiger partial charge in [-0.1, -0.05) is 85.8 Å². The largest absolute Gasteiger partial charge is 0.483 e. The van der Waals surface area contributed by atoms with Crippen LogP contribution in [0.5, 0.6) is 5.75 Å². The zero-order valence-electron chi connectivity index (χ0n) is 29.1. The first kappa shape index (κ1) is 38.4. The molecule has 0 N–H and O–H groups in total. The molecule has 0 aliphatic carbocycles. The Morgan fingerprint density at radius 2 is 1.76 bits per heavy atom. The Morgan fingerprint density at radius 1 is 1.04 bits per heavy atom. The molecule has 4 aromatic rings. The molecule has 1 amide bonds. The third-order valence-electron chi connectivity index (χ3n) is 8.58. The zero-order chi connectivity index (χ0) is 36.8. The van der Waals surface area contributed by atoms with E-state index in [9.17, 15) is 22.4 Å². The van der Waals surface area contributed by atoms with E-state index in [0.29, 0.717) is 35.6 Å². The first-order valence-electron chi connectivity index (χ1n) is 16.7. The molecule has 1 aliphatic rings. The van der Waals surface area contributed by atoms with Crippen LogP contribution in [0.4, 0.5) is 4.39 Å². The molecular formula is C37H43ClFN3O7SSi. The molecule has 0 spiro atoms. The fourth-order valence-electron chi connectivity index (χ4n) is 6.10. The van der Waals surface area contributed by atoms with E-state index in [1.165, 1.54) is 34.0 Å². The molecule has 51 heavy (non-hydrogen) atoms. The van der Waals surface area contributed by atoms with Gasteiger partial charge in [0.15, 0.2) is 11.4 Å². The average molecular weight is 756 g/mol. The van der Waals surface area contributed by atoms with Gasteiger partial charge in [0.25, 0.3) is 21.5 Å². The predicted octanol–water partition coefficient (Wildman–Crippen LogP) is 6.71. The van der Waals surface area contributed by atoms with Crippen LogP contribution < -0.4 is 10.2 Å². The van der Waals surface area contributed by atoms with E-state index in [4.69, 9.17) is 25.3 Å². The number of ether oxygens (including phenoxy) is 2. The van der Waals surface area contributed by atoms with Gasteiger partial charge in [-0.25, -0.2) is 9.07 Å². The lowest BCUT2D eigenvalue weighted by molar-refractivity contribution is 0.0514. The number of carbonyl (C=O) groups excluding carboxylic acids is 1. The summed E-state index contributed by atoms with van der Waals surface area (Å²) in [5, 5.41) is 4.87. The summed E-state index contributed by atoms with van der Waals surface area (Å²) in [5.74, 6) is -2.15. The fraction of sp³-hybridized carbons (Fsp3) is 0.378. The molecule has 14 heteroatoms. The van der Waals surface area contributed by atoms with Gasteiger partial charge in [0.1, 0.15) is 25.3 Å². The number of aromatic nitrogens is 2.